The minimum absolute atomic E-state index is 0.189. The van der Waals surface area contributed by atoms with Gasteiger partial charge in [-0.05, 0) is 56.2 Å². The number of esters is 1. The van der Waals surface area contributed by atoms with Crippen LogP contribution in [0, 0.1) is 0 Å². The zero-order valence-corrected chi connectivity index (χ0v) is 24.8. The topological polar surface area (TPSA) is 88.4 Å². The molecule has 8 nitrogen and oxygen atoms in total. The van der Waals surface area contributed by atoms with Gasteiger partial charge in [-0.15, -0.1) is 0 Å². The molecule has 1 aliphatic heterocycles. The Kier molecular flexibility index (Phi) is 8.88. The number of hydrogen-bond donors (Lipinski definition) is 0. The summed E-state index contributed by atoms with van der Waals surface area (Å²) in [7, 11) is 1.55. The molecule has 1 aliphatic rings. The number of thiazole rings is 1. The molecule has 4 aromatic rings. The maximum absolute atomic E-state index is 14.0. The number of fused-ring (bicyclic) bond motifs is 1. The molecule has 0 aliphatic carbocycles. The summed E-state index contributed by atoms with van der Waals surface area (Å²) in [6, 6.07) is 22.1. The lowest BCUT2D eigenvalue weighted by Crippen LogP contribution is -2.40. The van der Waals surface area contributed by atoms with Crippen LogP contribution < -0.4 is 29.1 Å². The van der Waals surface area contributed by atoms with Crippen LogP contribution in [0.4, 0.5) is 0 Å². The fraction of sp³-hybridized carbons (Fsp3) is 0.242. The van der Waals surface area contributed by atoms with Gasteiger partial charge in [0.15, 0.2) is 16.3 Å². The second-order valence-corrected chi connectivity index (χ2v) is 10.5. The van der Waals surface area contributed by atoms with E-state index in [1.54, 1.807) is 31.6 Å². The highest BCUT2D eigenvalue weighted by Crippen LogP contribution is 2.40. The molecular weight excluding hydrogens is 552 g/mol. The average Bonchev–Trinajstić information content (AvgIpc) is 3.30. The van der Waals surface area contributed by atoms with Crippen LogP contribution in [0.2, 0.25) is 0 Å². The molecule has 0 bridgehead atoms. The largest absolute Gasteiger partial charge is 0.493 e. The normalized spacial score (nSPS) is 14.7. The summed E-state index contributed by atoms with van der Waals surface area (Å²) in [5.41, 5.74) is 3.02. The lowest BCUT2D eigenvalue weighted by Gasteiger charge is -2.26. The fourth-order valence-electron chi connectivity index (χ4n) is 4.85. The van der Waals surface area contributed by atoms with Gasteiger partial charge in [-0.25, -0.2) is 9.79 Å². The van der Waals surface area contributed by atoms with Gasteiger partial charge in [-0.1, -0.05) is 65.9 Å². The quantitative estimate of drug-likeness (QED) is 0.249. The minimum Gasteiger partial charge on any atom is -0.493 e. The number of methoxy groups -OCH3 is 1. The molecule has 1 aromatic heterocycles. The number of nitrogens with zero attached hydrogens (tertiary/aromatic N) is 2. The second-order valence-electron chi connectivity index (χ2n) is 9.46. The van der Waals surface area contributed by atoms with Gasteiger partial charge in [0.2, 0.25) is 0 Å². The van der Waals surface area contributed by atoms with Crippen molar-refractivity contribution >= 4 is 23.4 Å². The third-order valence-corrected chi connectivity index (χ3v) is 7.74. The van der Waals surface area contributed by atoms with Crippen molar-refractivity contribution in [2.45, 2.75) is 33.4 Å². The minimum atomic E-state index is -0.812. The van der Waals surface area contributed by atoms with Crippen LogP contribution in [0.1, 0.15) is 43.5 Å². The predicted octanol–water partition coefficient (Wildman–Crippen LogP) is 4.78. The van der Waals surface area contributed by atoms with Crippen molar-refractivity contribution in [3.05, 3.63) is 120 Å². The van der Waals surface area contributed by atoms with Crippen LogP contribution in [0.5, 0.6) is 17.2 Å². The first-order valence-electron chi connectivity index (χ1n) is 13.7. The number of aromatic nitrogens is 1. The number of carbonyl (C=O) groups excluding carboxylic acids is 1. The molecule has 0 saturated heterocycles. The maximum atomic E-state index is 14.0. The Morgan fingerprint density at radius 1 is 0.976 bits per heavy atom. The van der Waals surface area contributed by atoms with Crippen molar-refractivity contribution < 1.29 is 23.7 Å². The molecule has 0 saturated carbocycles. The number of allylic oxidation sites excluding steroid dienone is 1. The highest BCUT2D eigenvalue weighted by molar-refractivity contribution is 7.07. The lowest BCUT2D eigenvalue weighted by molar-refractivity contribution is -0.139. The van der Waals surface area contributed by atoms with Gasteiger partial charge in [0.1, 0.15) is 18.4 Å². The molecular formula is C33H32N2O6S. The standard InChI is InChI=1S/C33H32N2O6S/c1-5-39-30-25(13-10-14-26(30)38-4)29-28(32(37)40-6-2)21(3)34-33-35(29)31(36)27(42-33)19-22-15-17-24(18-16-22)41-20-23-11-8-7-9-12-23/h7-19,29H,5-6,20H2,1-4H3. The van der Waals surface area contributed by atoms with Crippen molar-refractivity contribution in [2.75, 3.05) is 20.3 Å². The molecule has 216 valence electrons. The first-order chi connectivity index (χ1) is 20.4. The number of rotatable bonds is 10. The zero-order chi connectivity index (χ0) is 29.6. The molecule has 42 heavy (non-hydrogen) atoms. The van der Waals surface area contributed by atoms with Crippen molar-refractivity contribution in [3.63, 3.8) is 0 Å². The van der Waals surface area contributed by atoms with E-state index in [4.69, 9.17) is 18.9 Å². The molecule has 2 heterocycles. The van der Waals surface area contributed by atoms with E-state index in [1.165, 1.54) is 11.3 Å². The van der Waals surface area contributed by atoms with Gasteiger partial charge in [0, 0.05) is 5.56 Å². The zero-order valence-electron chi connectivity index (χ0n) is 24.0. The van der Waals surface area contributed by atoms with E-state index in [0.29, 0.717) is 45.3 Å². The van der Waals surface area contributed by atoms with Gasteiger partial charge in [-0.3, -0.25) is 9.36 Å². The van der Waals surface area contributed by atoms with Crippen LogP contribution in [-0.4, -0.2) is 30.9 Å². The summed E-state index contributed by atoms with van der Waals surface area (Å²) in [6.07, 6.45) is 1.82. The number of ether oxygens (including phenoxy) is 4. The maximum Gasteiger partial charge on any atom is 0.338 e. The molecule has 0 radical (unpaired) electrons. The smallest absolute Gasteiger partial charge is 0.338 e. The first kappa shape index (κ1) is 28.9. The SMILES string of the molecule is CCOC(=O)C1=C(C)N=c2sc(=Cc3ccc(OCc4ccccc4)cc3)c(=O)n2C1c1cccc(OC)c1OCC. The average molecular weight is 585 g/mol. The molecule has 0 amide bonds. The third-order valence-electron chi connectivity index (χ3n) is 6.76. The Bertz CT molecular complexity index is 1790. The summed E-state index contributed by atoms with van der Waals surface area (Å²) >= 11 is 1.27. The monoisotopic (exact) mass is 584 g/mol. The van der Waals surface area contributed by atoms with Gasteiger partial charge in [-0.2, -0.15) is 0 Å². The fourth-order valence-corrected chi connectivity index (χ4v) is 5.89. The van der Waals surface area contributed by atoms with Crippen LogP contribution >= 0.6 is 11.3 Å². The first-order valence-corrected chi connectivity index (χ1v) is 14.5. The molecule has 1 unspecified atom stereocenters. The summed E-state index contributed by atoms with van der Waals surface area (Å²) < 4.78 is 24.9. The van der Waals surface area contributed by atoms with E-state index in [0.717, 1.165) is 16.9 Å². The highest BCUT2D eigenvalue weighted by Gasteiger charge is 2.35. The van der Waals surface area contributed by atoms with E-state index in [2.05, 4.69) is 4.99 Å². The molecule has 9 heteroatoms. The third kappa shape index (κ3) is 5.87. The molecule has 0 N–H and O–H groups in total. The molecule has 1 atom stereocenters. The Morgan fingerprint density at radius 2 is 1.74 bits per heavy atom. The van der Waals surface area contributed by atoms with Crippen LogP contribution in [0.15, 0.2) is 93.9 Å². The van der Waals surface area contributed by atoms with Crippen LogP contribution in [0.3, 0.4) is 0 Å². The predicted molar refractivity (Wildman–Crippen MR) is 162 cm³/mol. The second kappa shape index (κ2) is 12.9. The summed E-state index contributed by atoms with van der Waals surface area (Å²) in [5, 5.41) is 0. The van der Waals surface area contributed by atoms with Gasteiger partial charge < -0.3 is 18.9 Å². The molecule has 0 fully saturated rings. The lowest BCUT2D eigenvalue weighted by atomic mass is 9.94. The van der Waals surface area contributed by atoms with E-state index >= 15 is 0 Å². The molecule has 3 aromatic carbocycles. The van der Waals surface area contributed by atoms with Crippen LogP contribution in [-0.2, 0) is 16.1 Å². The van der Waals surface area contributed by atoms with E-state index in [-0.39, 0.29) is 17.7 Å². The Morgan fingerprint density at radius 3 is 2.43 bits per heavy atom. The summed E-state index contributed by atoms with van der Waals surface area (Å²) in [6.45, 7) is 6.39. The molecule has 5 rings (SSSR count). The number of hydrogen-bond acceptors (Lipinski definition) is 8. The van der Waals surface area contributed by atoms with E-state index in [1.807, 2.05) is 79.7 Å². The van der Waals surface area contributed by atoms with Crippen molar-refractivity contribution in [1.29, 1.82) is 0 Å². The van der Waals surface area contributed by atoms with Crippen molar-refractivity contribution in [2.24, 2.45) is 4.99 Å². The van der Waals surface area contributed by atoms with Gasteiger partial charge in [0.05, 0.1) is 36.1 Å². The van der Waals surface area contributed by atoms with Crippen molar-refractivity contribution in [1.82, 2.24) is 4.57 Å². The van der Waals surface area contributed by atoms with Crippen molar-refractivity contribution in [3.8, 4) is 17.2 Å². The Balaban J connectivity index is 1.57. The van der Waals surface area contributed by atoms with Crippen LogP contribution in [0.25, 0.3) is 6.08 Å². The summed E-state index contributed by atoms with van der Waals surface area (Å²) in [4.78, 5) is 32.4. The Hall–Kier alpha value is -4.63. The number of benzene rings is 3. The van der Waals surface area contributed by atoms with E-state index < -0.39 is 12.0 Å². The van der Waals surface area contributed by atoms with Gasteiger partial charge >= 0.3 is 5.97 Å². The summed E-state index contributed by atoms with van der Waals surface area (Å²) in [5.74, 6) is 1.16. The van der Waals surface area contributed by atoms with Gasteiger partial charge in [0.25, 0.3) is 5.56 Å². The number of para-hydroxylation sites is 1. The van der Waals surface area contributed by atoms with E-state index in [9.17, 15) is 9.59 Å². The highest BCUT2D eigenvalue weighted by atomic mass is 32.1. The number of carbonyl (C=O) groups is 1. The Labute approximate surface area is 247 Å². The molecule has 0 spiro atoms.